The maximum atomic E-state index is 9.60. The molecule has 6 nitrogen and oxygen atoms in total. The van der Waals surface area contributed by atoms with E-state index < -0.39 is 0 Å². The van der Waals surface area contributed by atoms with E-state index in [9.17, 15) is 4.79 Å². The number of fused-ring (bicyclic) bond motifs is 1. The van der Waals surface area contributed by atoms with Gasteiger partial charge in [-0.3, -0.25) is 4.79 Å². The van der Waals surface area contributed by atoms with Crippen molar-refractivity contribution < 1.29 is 19.0 Å². The van der Waals surface area contributed by atoms with Crippen LogP contribution in [0.15, 0.2) is 24.4 Å². The molecule has 29 heavy (non-hydrogen) atoms. The number of rotatable bonds is 3. The number of nitrogens with one attached hydrogen (secondary N) is 1. The summed E-state index contributed by atoms with van der Waals surface area (Å²) < 4.78 is 16.1. The summed E-state index contributed by atoms with van der Waals surface area (Å²) in [6, 6.07) is 4.25. The molecule has 0 saturated carbocycles. The monoisotopic (exact) mass is 400 g/mol. The van der Waals surface area contributed by atoms with E-state index in [0.29, 0.717) is 25.6 Å². The minimum Gasteiger partial charge on any atom is -0.462 e. The molecule has 158 valence electrons. The molecule has 1 aliphatic carbocycles. The average molecular weight is 401 g/mol. The van der Waals surface area contributed by atoms with Crippen molar-refractivity contribution in [1.82, 2.24) is 9.97 Å². The van der Waals surface area contributed by atoms with Gasteiger partial charge in [0.05, 0.1) is 29.9 Å². The Morgan fingerprint density at radius 3 is 2.48 bits per heavy atom. The Labute approximate surface area is 172 Å². The maximum absolute atomic E-state index is 9.60. The van der Waals surface area contributed by atoms with Gasteiger partial charge in [-0.1, -0.05) is 19.9 Å². The van der Waals surface area contributed by atoms with Crippen molar-refractivity contribution >= 4 is 23.1 Å². The predicted octanol–water partition coefficient (Wildman–Crippen LogP) is 4.95. The molecule has 0 bridgehead atoms. The molecule has 0 amide bonds. The lowest BCUT2D eigenvalue weighted by molar-refractivity contribution is -0.159. The molecule has 2 aromatic heterocycles. The summed E-state index contributed by atoms with van der Waals surface area (Å²) in [5.41, 5.74) is 5.57. The SMILES string of the molecule is CC(C)(C)OC=O.CC(C)c1c[nH]c2ccc(C3=CCC4(CC3)OCCO4)nc12. The molecular formula is C23H32N2O4. The summed E-state index contributed by atoms with van der Waals surface area (Å²) in [6.45, 7) is 11.8. The number of ether oxygens (including phenoxy) is 3. The van der Waals surface area contributed by atoms with Gasteiger partial charge in [0.2, 0.25) is 0 Å². The Hall–Kier alpha value is -2.18. The molecule has 1 fully saturated rings. The number of carbonyl (C=O) groups is 1. The molecule has 0 aromatic carbocycles. The highest BCUT2D eigenvalue weighted by Gasteiger charge is 2.37. The summed E-state index contributed by atoms with van der Waals surface area (Å²) in [4.78, 5) is 17.8. The van der Waals surface area contributed by atoms with Gasteiger partial charge in [0, 0.05) is 19.0 Å². The lowest BCUT2D eigenvalue weighted by Gasteiger charge is -2.30. The minimum absolute atomic E-state index is 0.318. The van der Waals surface area contributed by atoms with Gasteiger partial charge in [-0.25, -0.2) is 4.98 Å². The number of pyridine rings is 1. The highest BCUT2D eigenvalue weighted by molar-refractivity contribution is 5.82. The molecular weight excluding hydrogens is 368 g/mol. The number of carbonyl (C=O) groups excluding carboxylic acids is 1. The largest absolute Gasteiger partial charge is 0.462 e. The van der Waals surface area contributed by atoms with Gasteiger partial charge in [-0.2, -0.15) is 0 Å². The van der Waals surface area contributed by atoms with Gasteiger partial charge in [0.15, 0.2) is 5.79 Å². The van der Waals surface area contributed by atoms with Gasteiger partial charge in [0.1, 0.15) is 5.60 Å². The van der Waals surface area contributed by atoms with Gasteiger partial charge in [0.25, 0.3) is 6.47 Å². The van der Waals surface area contributed by atoms with E-state index in [1.165, 1.54) is 11.1 Å². The Kier molecular flexibility index (Phi) is 6.44. The smallest absolute Gasteiger partial charge is 0.293 e. The summed E-state index contributed by atoms with van der Waals surface area (Å²) in [7, 11) is 0. The third kappa shape index (κ3) is 5.25. The number of allylic oxidation sites excluding steroid dienone is 1. The normalized spacial score (nSPS) is 18.5. The first-order valence-corrected chi connectivity index (χ1v) is 10.3. The molecule has 2 aromatic rings. The fourth-order valence-corrected chi connectivity index (χ4v) is 3.58. The Bertz CT molecular complexity index is 871. The van der Waals surface area contributed by atoms with Crippen molar-refractivity contribution in [1.29, 1.82) is 0 Å². The molecule has 4 rings (SSSR count). The van der Waals surface area contributed by atoms with Crippen molar-refractivity contribution in [3.05, 3.63) is 35.7 Å². The molecule has 1 saturated heterocycles. The second-order valence-electron chi connectivity index (χ2n) is 8.86. The molecule has 1 aliphatic heterocycles. The first kappa shape index (κ1) is 21.5. The molecule has 2 aliphatic rings. The van der Waals surface area contributed by atoms with E-state index in [4.69, 9.17) is 14.5 Å². The van der Waals surface area contributed by atoms with E-state index in [0.717, 1.165) is 36.0 Å². The number of hydrogen-bond acceptors (Lipinski definition) is 5. The number of H-pyrrole nitrogens is 1. The Morgan fingerprint density at radius 2 is 1.97 bits per heavy atom. The van der Waals surface area contributed by atoms with Crippen LogP contribution in [0.1, 0.15) is 71.1 Å². The third-order valence-corrected chi connectivity index (χ3v) is 5.15. The zero-order valence-corrected chi connectivity index (χ0v) is 18.1. The topological polar surface area (TPSA) is 73.4 Å². The summed E-state index contributed by atoms with van der Waals surface area (Å²) in [6.07, 6.45) is 7.02. The number of hydrogen-bond donors (Lipinski definition) is 1. The van der Waals surface area contributed by atoms with Crippen LogP contribution in [-0.4, -0.2) is 41.0 Å². The fourth-order valence-electron chi connectivity index (χ4n) is 3.58. The molecule has 0 atom stereocenters. The summed E-state index contributed by atoms with van der Waals surface area (Å²) in [5.74, 6) is 0.116. The number of aromatic amines is 1. The number of aromatic nitrogens is 2. The van der Waals surface area contributed by atoms with Crippen LogP contribution in [0.2, 0.25) is 0 Å². The first-order chi connectivity index (χ1) is 13.7. The van der Waals surface area contributed by atoms with E-state index in [1.54, 1.807) is 0 Å². The van der Waals surface area contributed by atoms with Gasteiger partial charge >= 0.3 is 0 Å². The summed E-state index contributed by atoms with van der Waals surface area (Å²) in [5, 5.41) is 0. The van der Waals surface area contributed by atoms with Gasteiger partial charge in [-0.05, 0) is 56.4 Å². The van der Waals surface area contributed by atoms with Crippen LogP contribution >= 0.6 is 0 Å². The van der Waals surface area contributed by atoms with E-state index >= 15 is 0 Å². The third-order valence-electron chi connectivity index (χ3n) is 5.15. The van der Waals surface area contributed by atoms with E-state index in [-0.39, 0.29) is 11.4 Å². The highest BCUT2D eigenvalue weighted by Crippen LogP contribution is 2.38. The van der Waals surface area contributed by atoms with Crippen LogP contribution in [0.4, 0.5) is 0 Å². The van der Waals surface area contributed by atoms with Crippen molar-refractivity contribution in [2.75, 3.05) is 13.2 Å². The van der Waals surface area contributed by atoms with E-state index in [1.807, 2.05) is 20.8 Å². The van der Waals surface area contributed by atoms with Gasteiger partial charge < -0.3 is 19.2 Å². The Balaban J connectivity index is 0.000000298. The van der Waals surface area contributed by atoms with Crippen LogP contribution in [0.3, 0.4) is 0 Å². The maximum Gasteiger partial charge on any atom is 0.293 e. The second-order valence-corrected chi connectivity index (χ2v) is 8.86. The first-order valence-electron chi connectivity index (χ1n) is 10.3. The quantitative estimate of drug-likeness (QED) is 0.738. The Morgan fingerprint density at radius 1 is 1.24 bits per heavy atom. The van der Waals surface area contributed by atoms with E-state index in [2.05, 4.69) is 48.0 Å². The van der Waals surface area contributed by atoms with Crippen molar-refractivity contribution in [2.24, 2.45) is 0 Å². The lowest BCUT2D eigenvalue weighted by atomic mass is 9.92. The van der Waals surface area contributed by atoms with Crippen molar-refractivity contribution in [2.45, 2.75) is 71.2 Å². The van der Waals surface area contributed by atoms with Crippen LogP contribution in [0.5, 0.6) is 0 Å². The average Bonchev–Trinajstić information content (AvgIpc) is 3.28. The molecule has 1 N–H and O–H groups in total. The standard InChI is InChI=1S/C18H22N2O2.C5H10O2/c1-12(2)14-11-19-16-4-3-15(20-17(14)16)13-5-7-18(8-6-13)21-9-10-22-18;1-5(2,3)7-4-6/h3-5,11-12,19H,6-10H2,1-2H3;4H,1-3H3. The minimum atomic E-state index is -0.356. The lowest BCUT2D eigenvalue weighted by Crippen LogP contribution is -2.31. The zero-order valence-electron chi connectivity index (χ0n) is 18.1. The fraction of sp³-hybridized carbons (Fsp3) is 0.565. The molecule has 1 spiro atoms. The molecule has 0 unspecified atom stereocenters. The summed E-state index contributed by atoms with van der Waals surface area (Å²) >= 11 is 0. The van der Waals surface area contributed by atoms with Crippen LogP contribution < -0.4 is 0 Å². The van der Waals surface area contributed by atoms with Crippen LogP contribution in [0, 0.1) is 0 Å². The highest BCUT2D eigenvalue weighted by atomic mass is 16.7. The van der Waals surface area contributed by atoms with Gasteiger partial charge in [-0.15, -0.1) is 0 Å². The van der Waals surface area contributed by atoms with Crippen LogP contribution in [0.25, 0.3) is 16.6 Å². The number of nitrogens with zero attached hydrogens (tertiary/aromatic N) is 1. The zero-order chi connectivity index (χ0) is 21.1. The molecule has 3 heterocycles. The molecule has 6 heteroatoms. The van der Waals surface area contributed by atoms with Crippen molar-refractivity contribution in [3.63, 3.8) is 0 Å². The molecule has 0 radical (unpaired) electrons. The predicted molar refractivity (Wildman–Crippen MR) is 114 cm³/mol. The second kappa shape index (κ2) is 8.67. The van der Waals surface area contributed by atoms with Crippen molar-refractivity contribution in [3.8, 4) is 0 Å². The van der Waals surface area contributed by atoms with Crippen LogP contribution in [-0.2, 0) is 19.0 Å².